The van der Waals surface area contributed by atoms with Gasteiger partial charge in [-0.05, 0) is 35.6 Å². The first-order valence-electron chi connectivity index (χ1n) is 5.00. The first-order valence-corrected chi connectivity index (χ1v) is 5.00. The molecule has 1 aromatic carbocycles. The van der Waals surface area contributed by atoms with Crippen molar-refractivity contribution in [3.8, 4) is 5.75 Å². The molecule has 2 nitrogen and oxygen atoms in total. The number of benzene rings is 1. The summed E-state index contributed by atoms with van der Waals surface area (Å²) in [6.45, 7) is 0. The summed E-state index contributed by atoms with van der Waals surface area (Å²) in [4.78, 5) is 11.5. The van der Waals surface area contributed by atoms with Crippen molar-refractivity contribution in [2.24, 2.45) is 0 Å². The van der Waals surface area contributed by atoms with Crippen LogP contribution in [-0.4, -0.2) is 12.9 Å². The largest absolute Gasteiger partial charge is 0.497 e. The Labute approximate surface area is 82.9 Å². The van der Waals surface area contributed by atoms with E-state index in [1.807, 2.05) is 6.07 Å². The first kappa shape index (κ1) is 8.04. The predicted molar refractivity (Wildman–Crippen MR) is 52.7 cm³/mol. The molecule has 1 saturated carbocycles. The molecule has 0 aliphatic heterocycles. The Morgan fingerprint density at radius 2 is 2.21 bits per heavy atom. The molecule has 0 N–H and O–H groups in total. The molecule has 0 radical (unpaired) electrons. The molecule has 2 bridgehead atoms. The summed E-state index contributed by atoms with van der Waals surface area (Å²) in [5.74, 6) is 2.00. The Kier molecular flexibility index (Phi) is 1.49. The molecule has 0 spiro atoms. The first-order chi connectivity index (χ1) is 6.79. The van der Waals surface area contributed by atoms with Crippen LogP contribution in [0.15, 0.2) is 18.2 Å². The Morgan fingerprint density at radius 1 is 1.36 bits per heavy atom. The number of hydrogen-bond donors (Lipinski definition) is 0. The number of fused-ring (bicyclic) bond motifs is 5. The molecular weight excluding hydrogens is 176 g/mol. The highest BCUT2D eigenvalue weighted by atomic mass is 16.5. The van der Waals surface area contributed by atoms with Crippen molar-refractivity contribution in [2.75, 3.05) is 7.11 Å². The third kappa shape index (κ3) is 0.884. The van der Waals surface area contributed by atoms with E-state index in [2.05, 4.69) is 12.1 Å². The van der Waals surface area contributed by atoms with E-state index >= 15 is 0 Å². The Balaban J connectivity index is 2.13. The highest BCUT2D eigenvalue weighted by molar-refractivity contribution is 5.92. The molecule has 1 fully saturated rings. The monoisotopic (exact) mass is 188 g/mol. The van der Waals surface area contributed by atoms with E-state index < -0.39 is 0 Å². The van der Waals surface area contributed by atoms with E-state index in [-0.39, 0.29) is 5.92 Å². The third-order valence-corrected chi connectivity index (χ3v) is 3.47. The fourth-order valence-electron chi connectivity index (χ4n) is 2.77. The number of carbonyl (C=O) groups is 1. The summed E-state index contributed by atoms with van der Waals surface area (Å²) >= 11 is 0. The fraction of sp³-hybridized carbons (Fsp3) is 0.417. The van der Waals surface area contributed by atoms with Crippen LogP contribution in [0.1, 0.15) is 35.8 Å². The molecular formula is C12H12O2. The van der Waals surface area contributed by atoms with Crippen molar-refractivity contribution >= 4 is 5.78 Å². The van der Waals surface area contributed by atoms with Crippen LogP contribution in [0, 0.1) is 0 Å². The van der Waals surface area contributed by atoms with Crippen molar-refractivity contribution < 1.29 is 9.53 Å². The standard InChI is InChI=1S/C12H12O2/c1-14-8-2-3-9-10(6-8)7-4-11(9)12(13)5-7/h2-3,6-7,11H,4-5H2,1H3. The van der Waals surface area contributed by atoms with Crippen LogP contribution in [0.4, 0.5) is 0 Å². The van der Waals surface area contributed by atoms with Gasteiger partial charge in [-0.15, -0.1) is 0 Å². The molecule has 14 heavy (non-hydrogen) atoms. The van der Waals surface area contributed by atoms with Crippen molar-refractivity contribution in [3.05, 3.63) is 29.3 Å². The van der Waals surface area contributed by atoms with Gasteiger partial charge < -0.3 is 4.74 Å². The molecule has 2 unspecified atom stereocenters. The maximum atomic E-state index is 11.5. The third-order valence-electron chi connectivity index (χ3n) is 3.47. The summed E-state index contributed by atoms with van der Waals surface area (Å²) in [5, 5.41) is 0. The molecule has 2 aliphatic rings. The zero-order valence-corrected chi connectivity index (χ0v) is 8.12. The lowest BCUT2D eigenvalue weighted by Crippen LogP contribution is -2.08. The molecule has 2 aliphatic carbocycles. The molecule has 2 heteroatoms. The zero-order chi connectivity index (χ0) is 9.71. The second-order valence-corrected chi connectivity index (χ2v) is 4.15. The number of ketones is 1. The summed E-state index contributed by atoms with van der Waals surface area (Å²) in [7, 11) is 1.68. The van der Waals surface area contributed by atoms with Crippen molar-refractivity contribution in [3.63, 3.8) is 0 Å². The normalized spacial score (nSPS) is 27.9. The molecule has 0 saturated heterocycles. The minimum Gasteiger partial charge on any atom is -0.497 e. The van der Waals surface area contributed by atoms with E-state index in [9.17, 15) is 4.79 Å². The van der Waals surface area contributed by atoms with Gasteiger partial charge in [-0.2, -0.15) is 0 Å². The number of ether oxygens (including phenoxy) is 1. The van der Waals surface area contributed by atoms with Crippen LogP contribution in [0.2, 0.25) is 0 Å². The minimum atomic E-state index is 0.195. The molecule has 0 amide bonds. The van der Waals surface area contributed by atoms with Crippen LogP contribution >= 0.6 is 0 Å². The van der Waals surface area contributed by atoms with Gasteiger partial charge in [-0.3, -0.25) is 4.79 Å². The van der Waals surface area contributed by atoms with E-state index in [1.165, 1.54) is 11.1 Å². The second kappa shape index (κ2) is 2.59. The van der Waals surface area contributed by atoms with Crippen LogP contribution in [0.25, 0.3) is 0 Å². The lowest BCUT2D eigenvalue weighted by Gasteiger charge is -2.14. The molecule has 72 valence electrons. The van der Waals surface area contributed by atoms with Crippen LogP contribution in [-0.2, 0) is 4.79 Å². The van der Waals surface area contributed by atoms with Gasteiger partial charge in [0.2, 0.25) is 0 Å². The van der Waals surface area contributed by atoms with Gasteiger partial charge in [-0.1, -0.05) is 6.07 Å². The van der Waals surface area contributed by atoms with Crippen molar-refractivity contribution in [1.29, 1.82) is 0 Å². The SMILES string of the molecule is COc1ccc2c(c1)C1CC(=O)C2C1. The van der Waals surface area contributed by atoms with Crippen LogP contribution in [0.3, 0.4) is 0 Å². The van der Waals surface area contributed by atoms with Crippen LogP contribution < -0.4 is 4.74 Å². The topological polar surface area (TPSA) is 26.3 Å². The van der Waals surface area contributed by atoms with E-state index in [0.717, 1.165) is 18.6 Å². The van der Waals surface area contributed by atoms with E-state index in [1.54, 1.807) is 7.11 Å². The number of carbonyl (C=O) groups excluding carboxylic acids is 1. The molecule has 1 aromatic rings. The van der Waals surface area contributed by atoms with E-state index in [0.29, 0.717) is 11.7 Å². The van der Waals surface area contributed by atoms with Gasteiger partial charge in [0, 0.05) is 12.3 Å². The maximum absolute atomic E-state index is 11.5. The van der Waals surface area contributed by atoms with Crippen LogP contribution in [0.5, 0.6) is 5.75 Å². The van der Waals surface area contributed by atoms with E-state index in [4.69, 9.17) is 4.74 Å². The highest BCUT2D eigenvalue weighted by Gasteiger charge is 2.42. The van der Waals surface area contributed by atoms with Crippen molar-refractivity contribution in [2.45, 2.75) is 24.7 Å². The highest BCUT2D eigenvalue weighted by Crippen LogP contribution is 2.51. The summed E-state index contributed by atoms with van der Waals surface area (Å²) < 4.78 is 5.19. The molecule has 0 heterocycles. The van der Waals surface area contributed by atoms with Gasteiger partial charge in [0.05, 0.1) is 7.11 Å². The number of rotatable bonds is 1. The Morgan fingerprint density at radius 3 is 3.00 bits per heavy atom. The predicted octanol–water partition coefficient (Wildman–Crippen LogP) is 2.24. The van der Waals surface area contributed by atoms with Gasteiger partial charge in [0.15, 0.2) is 0 Å². The number of hydrogen-bond acceptors (Lipinski definition) is 2. The molecule has 0 aromatic heterocycles. The van der Waals surface area contributed by atoms with Gasteiger partial charge in [0.25, 0.3) is 0 Å². The molecule has 2 atom stereocenters. The maximum Gasteiger partial charge on any atom is 0.140 e. The minimum absolute atomic E-state index is 0.195. The van der Waals surface area contributed by atoms with Gasteiger partial charge >= 0.3 is 0 Å². The van der Waals surface area contributed by atoms with Gasteiger partial charge in [-0.25, -0.2) is 0 Å². The number of Topliss-reactive ketones (excluding diaryl/α,β-unsaturated/α-hetero) is 1. The second-order valence-electron chi connectivity index (χ2n) is 4.15. The lowest BCUT2D eigenvalue weighted by atomic mass is 9.91. The quantitative estimate of drug-likeness (QED) is 0.675. The Hall–Kier alpha value is -1.31. The zero-order valence-electron chi connectivity index (χ0n) is 8.12. The number of methoxy groups -OCH3 is 1. The average molecular weight is 188 g/mol. The smallest absolute Gasteiger partial charge is 0.140 e. The summed E-state index contributed by atoms with van der Waals surface area (Å²) in [6, 6.07) is 6.09. The summed E-state index contributed by atoms with van der Waals surface area (Å²) in [6.07, 6.45) is 1.77. The van der Waals surface area contributed by atoms with Gasteiger partial charge in [0.1, 0.15) is 11.5 Å². The fourth-order valence-corrected chi connectivity index (χ4v) is 2.77. The Bertz CT molecular complexity index is 409. The molecule has 3 rings (SSSR count). The summed E-state index contributed by atoms with van der Waals surface area (Å²) in [5.41, 5.74) is 2.58. The average Bonchev–Trinajstić information content (AvgIpc) is 2.74. The van der Waals surface area contributed by atoms with Crippen molar-refractivity contribution in [1.82, 2.24) is 0 Å². The lowest BCUT2D eigenvalue weighted by molar-refractivity contribution is -0.118.